The van der Waals surface area contributed by atoms with Gasteiger partial charge in [0.2, 0.25) is 5.91 Å². The third kappa shape index (κ3) is 6.00. The molecule has 0 fully saturated rings. The Labute approximate surface area is 209 Å². The van der Waals surface area contributed by atoms with Gasteiger partial charge in [0.15, 0.2) is 5.17 Å². The molecule has 35 heavy (non-hydrogen) atoms. The highest BCUT2D eigenvalue weighted by atomic mass is 32.2. The molecule has 7 heteroatoms. The van der Waals surface area contributed by atoms with Crippen molar-refractivity contribution in [2.75, 3.05) is 16.4 Å². The quantitative estimate of drug-likeness (QED) is 0.426. The number of allylic oxidation sites excluding steroid dienone is 1. The maximum atomic E-state index is 13.3. The van der Waals surface area contributed by atoms with E-state index in [4.69, 9.17) is 4.99 Å². The molecule has 0 saturated carbocycles. The molecule has 0 aromatic heterocycles. The van der Waals surface area contributed by atoms with Gasteiger partial charge in [-0.3, -0.25) is 9.59 Å². The number of amides is 2. The summed E-state index contributed by atoms with van der Waals surface area (Å²) in [6, 6.07) is 24.5. The largest absolute Gasteiger partial charge is 0.338 e. The van der Waals surface area contributed by atoms with Crippen LogP contribution >= 0.6 is 11.8 Å². The van der Waals surface area contributed by atoms with Crippen molar-refractivity contribution in [1.29, 1.82) is 0 Å². The van der Waals surface area contributed by atoms with Crippen molar-refractivity contribution in [2.45, 2.75) is 26.8 Å². The van der Waals surface area contributed by atoms with E-state index in [1.807, 2.05) is 99.6 Å². The van der Waals surface area contributed by atoms with Crippen molar-refractivity contribution in [3.05, 3.63) is 107 Å². The fourth-order valence-corrected chi connectivity index (χ4v) is 4.68. The summed E-state index contributed by atoms with van der Waals surface area (Å²) in [7, 11) is 0. The Morgan fingerprint density at radius 2 is 1.49 bits per heavy atom. The number of amidine groups is 1. The van der Waals surface area contributed by atoms with Crippen LogP contribution in [-0.2, 0) is 9.59 Å². The van der Waals surface area contributed by atoms with Crippen LogP contribution in [0.15, 0.2) is 95.1 Å². The van der Waals surface area contributed by atoms with E-state index >= 15 is 0 Å². The number of nitrogens with zero attached hydrogens (tertiary/aromatic N) is 1. The molecule has 1 heterocycles. The molecule has 2 amide bonds. The zero-order valence-corrected chi connectivity index (χ0v) is 20.8. The molecular formula is C28H28N4O2S. The zero-order chi connectivity index (χ0) is 24.8. The van der Waals surface area contributed by atoms with E-state index in [1.165, 1.54) is 11.8 Å². The summed E-state index contributed by atoms with van der Waals surface area (Å²) < 4.78 is 0. The molecule has 3 aromatic carbocycles. The first-order valence-electron chi connectivity index (χ1n) is 11.4. The van der Waals surface area contributed by atoms with Crippen molar-refractivity contribution in [2.24, 2.45) is 4.99 Å². The molecule has 3 N–H and O–H groups in total. The molecule has 1 aliphatic heterocycles. The molecule has 0 spiro atoms. The maximum Gasteiger partial charge on any atom is 0.255 e. The lowest BCUT2D eigenvalue weighted by atomic mass is 9.96. The van der Waals surface area contributed by atoms with Gasteiger partial charge < -0.3 is 16.0 Å². The van der Waals surface area contributed by atoms with E-state index in [-0.39, 0.29) is 17.6 Å². The number of aliphatic imine (C=N–C) groups is 1. The standard InChI is InChI=1S/C28H28N4O2S/c1-18-11-10-12-19(2)25(18)31-23(33)17-35-28-29-20(3)24(26(32-28)21-13-6-4-7-14-21)27(34)30-22-15-8-5-9-16-22/h4-16,26H,17H2,1-3H3,(H,29,32)(H,30,34)(H,31,33)/t26-/m0/s1. The molecule has 178 valence electrons. The summed E-state index contributed by atoms with van der Waals surface area (Å²) in [4.78, 5) is 30.8. The Balaban J connectivity index is 1.51. The monoisotopic (exact) mass is 484 g/mol. The van der Waals surface area contributed by atoms with Crippen LogP contribution in [0.25, 0.3) is 0 Å². The average Bonchev–Trinajstić information content (AvgIpc) is 2.86. The molecule has 1 atom stereocenters. The Kier molecular flexibility index (Phi) is 7.67. The second-order valence-electron chi connectivity index (χ2n) is 8.33. The summed E-state index contributed by atoms with van der Waals surface area (Å²) in [6.45, 7) is 5.81. The highest BCUT2D eigenvalue weighted by molar-refractivity contribution is 8.14. The normalized spacial score (nSPS) is 15.2. The van der Waals surface area contributed by atoms with Crippen LogP contribution in [0.3, 0.4) is 0 Å². The van der Waals surface area contributed by atoms with Crippen molar-refractivity contribution in [3.63, 3.8) is 0 Å². The Morgan fingerprint density at radius 3 is 2.14 bits per heavy atom. The molecule has 6 nitrogen and oxygen atoms in total. The zero-order valence-electron chi connectivity index (χ0n) is 20.0. The highest BCUT2D eigenvalue weighted by Crippen LogP contribution is 2.33. The van der Waals surface area contributed by atoms with Crippen LogP contribution in [0.5, 0.6) is 0 Å². The van der Waals surface area contributed by atoms with Crippen LogP contribution in [0, 0.1) is 13.8 Å². The minimum absolute atomic E-state index is 0.109. The third-order valence-electron chi connectivity index (χ3n) is 5.70. The van der Waals surface area contributed by atoms with E-state index < -0.39 is 6.04 Å². The lowest BCUT2D eigenvalue weighted by Gasteiger charge is -2.26. The lowest BCUT2D eigenvalue weighted by Crippen LogP contribution is -2.32. The summed E-state index contributed by atoms with van der Waals surface area (Å²) in [5.74, 6) is -0.127. The van der Waals surface area contributed by atoms with Gasteiger partial charge in [-0.1, -0.05) is 78.5 Å². The number of benzene rings is 3. The molecule has 1 aliphatic rings. The van der Waals surface area contributed by atoms with E-state index in [0.717, 1.165) is 28.1 Å². The number of thioether (sulfide) groups is 1. The topological polar surface area (TPSA) is 82.6 Å². The maximum absolute atomic E-state index is 13.3. The highest BCUT2D eigenvalue weighted by Gasteiger charge is 2.29. The summed E-state index contributed by atoms with van der Waals surface area (Å²) in [5.41, 5.74) is 5.77. The predicted molar refractivity (Wildman–Crippen MR) is 145 cm³/mol. The average molecular weight is 485 g/mol. The summed E-state index contributed by atoms with van der Waals surface area (Å²) in [5, 5.41) is 9.80. The summed E-state index contributed by atoms with van der Waals surface area (Å²) in [6.07, 6.45) is 0. The second kappa shape index (κ2) is 11.1. The molecule has 4 rings (SSSR count). The van der Waals surface area contributed by atoms with Crippen molar-refractivity contribution < 1.29 is 9.59 Å². The Hall–Kier alpha value is -3.84. The first-order chi connectivity index (χ1) is 16.9. The van der Waals surface area contributed by atoms with Gasteiger partial charge in [0.1, 0.15) is 6.04 Å². The molecule has 0 saturated heterocycles. The van der Waals surface area contributed by atoms with Crippen LogP contribution in [0.2, 0.25) is 0 Å². The first kappa shape index (κ1) is 24.3. The van der Waals surface area contributed by atoms with E-state index in [0.29, 0.717) is 16.4 Å². The first-order valence-corrected chi connectivity index (χ1v) is 12.4. The fourth-order valence-electron chi connectivity index (χ4n) is 3.93. The number of hydrogen-bond acceptors (Lipinski definition) is 5. The van der Waals surface area contributed by atoms with Crippen molar-refractivity contribution in [3.8, 4) is 0 Å². The molecule has 0 unspecified atom stereocenters. The van der Waals surface area contributed by atoms with E-state index in [9.17, 15) is 9.59 Å². The van der Waals surface area contributed by atoms with Crippen LogP contribution in [0.1, 0.15) is 29.7 Å². The molecule has 0 radical (unpaired) electrons. The van der Waals surface area contributed by atoms with Gasteiger partial charge in [0, 0.05) is 17.1 Å². The number of nitrogens with one attached hydrogen (secondary N) is 3. The number of carbonyl (C=O) groups excluding carboxylic acids is 2. The number of anilines is 2. The van der Waals surface area contributed by atoms with Gasteiger partial charge in [-0.05, 0) is 49.6 Å². The van der Waals surface area contributed by atoms with Crippen LogP contribution in [-0.4, -0.2) is 22.7 Å². The van der Waals surface area contributed by atoms with Crippen LogP contribution in [0.4, 0.5) is 11.4 Å². The third-order valence-corrected chi connectivity index (χ3v) is 6.58. The number of carbonyl (C=O) groups is 2. The van der Waals surface area contributed by atoms with Gasteiger partial charge in [-0.25, -0.2) is 4.99 Å². The number of rotatable bonds is 6. The van der Waals surface area contributed by atoms with E-state index in [2.05, 4.69) is 16.0 Å². The van der Waals surface area contributed by atoms with Gasteiger partial charge in [0.25, 0.3) is 5.91 Å². The number of aryl methyl sites for hydroxylation is 2. The number of para-hydroxylation sites is 2. The minimum atomic E-state index is -0.481. The molecule has 3 aromatic rings. The van der Waals surface area contributed by atoms with Gasteiger partial charge in [0.05, 0.1) is 11.3 Å². The molecule has 0 bridgehead atoms. The van der Waals surface area contributed by atoms with Crippen LogP contribution < -0.4 is 16.0 Å². The van der Waals surface area contributed by atoms with E-state index in [1.54, 1.807) is 0 Å². The van der Waals surface area contributed by atoms with Gasteiger partial charge in [-0.15, -0.1) is 0 Å². The number of hydrogen-bond donors (Lipinski definition) is 3. The SMILES string of the molecule is CC1=C(C(=O)Nc2ccccc2)[C@H](c2ccccc2)N=C(SCC(=O)Nc2c(C)cccc2C)N1. The van der Waals surface area contributed by atoms with Gasteiger partial charge >= 0.3 is 0 Å². The predicted octanol–water partition coefficient (Wildman–Crippen LogP) is 5.59. The smallest absolute Gasteiger partial charge is 0.255 e. The van der Waals surface area contributed by atoms with Crippen molar-refractivity contribution in [1.82, 2.24) is 5.32 Å². The lowest BCUT2D eigenvalue weighted by molar-refractivity contribution is -0.114. The minimum Gasteiger partial charge on any atom is -0.338 e. The van der Waals surface area contributed by atoms with Crippen molar-refractivity contribution >= 4 is 40.1 Å². The molecular weight excluding hydrogens is 456 g/mol. The second-order valence-corrected chi connectivity index (χ2v) is 9.30. The van der Waals surface area contributed by atoms with Gasteiger partial charge in [-0.2, -0.15) is 0 Å². The Morgan fingerprint density at radius 1 is 0.857 bits per heavy atom. The summed E-state index contributed by atoms with van der Waals surface area (Å²) >= 11 is 1.32. The fraction of sp³-hybridized carbons (Fsp3) is 0.179. The Bertz CT molecular complexity index is 1270. The molecule has 0 aliphatic carbocycles.